The van der Waals surface area contributed by atoms with Crippen molar-refractivity contribution < 1.29 is 4.79 Å². The highest BCUT2D eigenvalue weighted by atomic mass is 16.2. The zero-order valence-electron chi connectivity index (χ0n) is 9.10. The van der Waals surface area contributed by atoms with Gasteiger partial charge in [-0.2, -0.15) is 0 Å². The Morgan fingerprint density at radius 2 is 2.21 bits per heavy atom. The fourth-order valence-corrected chi connectivity index (χ4v) is 1.07. The Morgan fingerprint density at radius 3 is 2.71 bits per heavy atom. The highest BCUT2D eigenvalue weighted by Crippen LogP contribution is 2.18. The second kappa shape index (κ2) is 5.15. The molecule has 2 N–H and O–H groups in total. The van der Waals surface area contributed by atoms with E-state index in [1.54, 1.807) is 0 Å². The van der Waals surface area contributed by atoms with Gasteiger partial charge >= 0.3 is 0 Å². The van der Waals surface area contributed by atoms with E-state index in [0.29, 0.717) is 6.04 Å². The van der Waals surface area contributed by atoms with Crippen LogP contribution in [-0.2, 0) is 4.79 Å². The Kier molecular flexibility index (Phi) is 4.14. The molecule has 80 valence electrons. The van der Waals surface area contributed by atoms with Crippen molar-refractivity contribution in [3.63, 3.8) is 0 Å². The minimum Gasteiger partial charge on any atom is -0.352 e. The van der Waals surface area contributed by atoms with Crippen LogP contribution in [0.4, 0.5) is 0 Å². The maximum atomic E-state index is 11.5. The first-order chi connectivity index (χ1) is 6.63. The molecule has 0 radical (unpaired) electrons. The molecule has 1 fully saturated rings. The minimum atomic E-state index is -0.112. The predicted octanol–water partition coefficient (Wildman–Crippen LogP) is 1.21. The SMILES string of the molecule is C=C(CC)CNC(C)C(=O)NC1CC1. The second-order valence-corrected chi connectivity index (χ2v) is 3.99. The monoisotopic (exact) mass is 196 g/mol. The van der Waals surface area contributed by atoms with Crippen molar-refractivity contribution in [3.05, 3.63) is 12.2 Å². The summed E-state index contributed by atoms with van der Waals surface area (Å²) in [5.74, 6) is 0.108. The Morgan fingerprint density at radius 1 is 1.57 bits per heavy atom. The van der Waals surface area contributed by atoms with Crippen molar-refractivity contribution in [1.29, 1.82) is 0 Å². The molecule has 0 aromatic heterocycles. The van der Waals surface area contributed by atoms with E-state index in [1.807, 2.05) is 6.92 Å². The summed E-state index contributed by atoms with van der Waals surface area (Å²) in [5.41, 5.74) is 1.14. The maximum Gasteiger partial charge on any atom is 0.237 e. The second-order valence-electron chi connectivity index (χ2n) is 3.99. The van der Waals surface area contributed by atoms with Gasteiger partial charge in [-0.25, -0.2) is 0 Å². The molecule has 14 heavy (non-hydrogen) atoms. The molecule has 0 heterocycles. The molecule has 0 spiro atoms. The molecule has 1 aliphatic carbocycles. The highest BCUT2D eigenvalue weighted by molar-refractivity contribution is 5.81. The molecule has 1 amide bonds. The van der Waals surface area contributed by atoms with E-state index in [2.05, 4.69) is 24.1 Å². The van der Waals surface area contributed by atoms with Gasteiger partial charge in [0.25, 0.3) is 0 Å². The van der Waals surface area contributed by atoms with E-state index in [9.17, 15) is 4.79 Å². The number of hydrogen-bond donors (Lipinski definition) is 2. The summed E-state index contributed by atoms with van der Waals surface area (Å²) in [7, 11) is 0. The average molecular weight is 196 g/mol. The molecule has 1 atom stereocenters. The van der Waals surface area contributed by atoms with Gasteiger partial charge in [-0.15, -0.1) is 0 Å². The maximum absolute atomic E-state index is 11.5. The summed E-state index contributed by atoms with van der Waals surface area (Å²) < 4.78 is 0. The van der Waals surface area contributed by atoms with Crippen LogP contribution >= 0.6 is 0 Å². The summed E-state index contributed by atoms with van der Waals surface area (Å²) >= 11 is 0. The fourth-order valence-electron chi connectivity index (χ4n) is 1.07. The van der Waals surface area contributed by atoms with Gasteiger partial charge in [0.05, 0.1) is 6.04 Å². The van der Waals surface area contributed by atoms with Crippen molar-refractivity contribution in [2.75, 3.05) is 6.54 Å². The summed E-state index contributed by atoms with van der Waals surface area (Å²) in [6, 6.07) is 0.333. The van der Waals surface area contributed by atoms with Gasteiger partial charge in [-0.1, -0.05) is 19.1 Å². The summed E-state index contributed by atoms with van der Waals surface area (Å²) in [5, 5.41) is 6.12. The van der Waals surface area contributed by atoms with Gasteiger partial charge in [-0.3, -0.25) is 4.79 Å². The Bertz CT molecular complexity index is 221. The molecule has 0 saturated heterocycles. The van der Waals surface area contributed by atoms with E-state index in [1.165, 1.54) is 0 Å². The lowest BCUT2D eigenvalue weighted by molar-refractivity contribution is -0.122. The summed E-state index contributed by atoms with van der Waals surface area (Å²) in [4.78, 5) is 11.5. The van der Waals surface area contributed by atoms with Crippen LogP contribution in [0.5, 0.6) is 0 Å². The minimum absolute atomic E-state index is 0.108. The number of rotatable bonds is 6. The molecular formula is C11H20N2O. The number of hydrogen-bond acceptors (Lipinski definition) is 2. The summed E-state index contributed by atoms with van der Waals surface area (Å²) in [6.07, 6.45) is 3.24. The standard InChI is InChI=1S/C11H20N2O/c1-4-8(2)7-12-9(3)11(14)13-10-5-6-10/h9-10,12H,2,4-7H2,1,3H3,(H,13,14). The lowest BCUT2D eigenvalue weighted by Crippen LogP contribution is -2.43. The van der Waals surface area contributed by atoms with Crippen molar-refractivity contribution in [1.82, 2.24) is 10.6 Å². The predicted molar refractivity (Wildman–Crippen MR) is 58.1 cm³/mol. The molecule has 1 unspecified atom stereocenters. The van der Waals surface area contributed by atoms with Gasteiger partial charge in [0, 0.05) is 12.6 Å². The Balaban J connectivity index is 2.15. The van der Waals surface area contributed by atoms with E-state index < -0.39 is 0 Å². The van der Waals surface area contributed by atoms with Crippen LogP contribution in [0.2, 0.25) is 0 Å². The first-order valence-corrected chi connectivity index (χ1v) is 5.34. The fraction of sp³-hybridized carbons (Fsp3) is 0.727. The van der Waals surface area contributed by atoms with Crippen molar-refractivity contribution in [3.8, 4) is 0 Å². The Labute approximate surface area is 86.0 Å². The van der Waals surface area contributed by atoms with Crippen LogP contribution in [0, 0.1) is 0 Å². The average Bonchev–Trinajstić information content (AvgIpc) is 2.97. The van der Waals surface area contributed by atoms with E-state index in [-0.39, 0.29) is 11.9 Å². The first-order valence-electron chi connectivity index (χ1n) is 5.34. The van der Waals surface area contributed by atoms with Gasteiger partial charge in [0.2, 0.25) is 5.91 Å². The third-order valence-corrected chi connectivity index (χ3v) is 2.48. The van der Waals surface area contributed by atoms with Gasteiger partial charge in [0.1, 0.15) is 0 Å². The quantitative estimate of drug-likeness (QED) is 0.627. The number of carbonyl (C=O) groups excluding carboxylic acids is 1. The molecule has 3 heteroatoms. The molecule has 0 bridgehead atoms. The van der Waals surface area contributed by atoms with Crippen LogP contribution in [0.25, 0.3) is 0 Å². The normalized spacial score (nSPS) is 17.6. The van der Waals surface area contributed by atoms with E-state index >= 15 is 0 Å². The number of nitrogens with one attached hydrogen (secondary N) is 2. The van der Waals surface area contributed by atoms with Crippen LogP contribution in [0.15, 0.2) is 12.2 Å². The van der Waals surface area contributed by atoms with Crippen LogP contribution in [0.1, 0.15) is 33.1 Å². The van der Waals surface area contributed by atoms with Gasteiger partial charge in [0.15, 0.2) is 0 Å². The number of amides is 1. The molecule has 1 aliphatic rings. The Hall–Kier alpha value is -0.830. The third kappa shape index (κ3) is 3.92. The van der Waals surface area contributed by atoms with Gasteiger partial charge in [-0.05, 0) is 26.2 Å². The molecule has 0 aromatic rings. The van der Waals surface area contributed by atoms with Crippen LogP contribution in [0.3, 0.4) is 0 Å². The molecule has 1 rings (SSSR count). The largest absolute Gasteiger partial charge is 0.352 e. The number of carbonyl (C=O) groups is 1. The topological polar surface area (TPSA) is 41.1 Å². The molecule has 1 saturated carbocycles. The molecule has 0 aromatic carbocycles. The zero-order valence-corrected chi connectivity index (χ0v) is 9.10. The lowest BCUT2D eigenvalue weighted by atomic mass is 10.2. The van der Waals surface area contributed by atoms with E-state index in [4.69, 9.17) is 0 Å². The lowest BCUT2D eigenvalue weighted by Gasteiger charge is -2.14. The molecular weight excluding hydrogens is 176 g/mol. The third-order valence-electron chi connectivity index (χ3n) is 2.48. The van der Waals surface area contributed by atoms with Crippen LogP contribution in [-0.4, -0.2) is 24.5 Å². The van der Waals surface area contributed by atoms with Crippen molar-refractivity contribution >= 4 is 5.91 Å². The van der Waals surface area contributed by atoms with Gasteiger partial charge < -0.3 is 10.6 Å². The smallest absolute Gasteiger partial charge is 0.237 e. The summed E-state index contributed by atoms with van der Waals surface area (Å²) in [6.45, 7) is 8.57. The van der Waals surface area contributed by atoms with E-state index in [0.717, 1.165) is 31.4 Å². The highest BCUT2D eigenvalue weighted by Gasteiger charge is 2.25. The molecule has 0 aliphatic heterocycles. The zero-order chi connectivity index (χ0) is 10.6. The van der Waals surface area contributed by atoms with Crippen molar-refractivity contribution in [2.45, 2.75) is 45.2 Å². The molecule has 3 nitrogen and oxygen atoms in total. The van der Waals surface area contributed by atoms with Crippen LogP contribution < -0.4 is 10.6 Å². The first kappa shape index (κ1) is 11.2. The van der Waals surface area contributed by atoms with Crippen molar-refractivity contribution in [2.24, 2.45) is 0 Å².